The molecule has 6 heteroatoms. The molecule has 0 unspecified atom stereocenters. The second-order valence-corrected chi connectivity index (χ2v) is 5.16. The minimum Gasteiger partial charge on any atom is -0.457 e. The summed E-state index contributed by atoms with van der Waals surface area (Å²) in [4.78, 5) is 12.0. The van der Waals surface area contributed by atoms with E-state index in [0.717, 1.165) is 17.5 Å². The van der Waals surface area contributed by atoms with Gasteiger partial charge in [-0.1, -0.05) is 42.7 Å². The van der Waals surface area contributed by atoms with Crippen molar-refractivity contribution in [2.24, 2.45) is 0 Å². The summed E-state index contributed by atoms with van der Waals surface area (Å²) in [5.74, 6) is 0.714. The van der Waals surface area contributed by atoms with Gasteiger partial charge in [-0.25, -0.2) is 4.79 Å². The van der Waals surface area contributed by atoms with Crippen molar-refractivity contribution in [1.82, 2.24) is 9.78 Å². The standard InChI is InChI=1S/C18H18N2O4/c1-2-3-12-22-17-19-20(18(21)24-17)14-8-7-11-16(13-14)23-15-9-5-4-6-10-15/h4-11,13H,2-3,12H2,1H3. The molecule has 124 valence electrons. The van der Waals surface area contributed by atoms with Crippen LogP contribution >= 0.6 is 0 Å². The number of benzene rings is 2. The van der Waals surface area contributed by atoms with E-state index in [-0.39, 0.29) is 6.08 Å². The zero-order valence-electron chi connectivity index (χ0n) is 13.3. The van der Waals surface area contributed by atoms with Gasteiger partial charge in [0, 0.05) is 6.07 Å². The molecule has 0 aliphatic rings. The first-order valence-corrected chi connectivity index (χ1v) is 7.82. The molecule has 24 heavy (non-hydrogen) atoms. The summed E-state index contributed by atoms with van der Waals surface area (Å²) in [7, 11) is 0. The van der Waals surface area contributed by atoms with E-state index in [9.17, 15) is 4.79 Å². The van der Waals surface area contributed by atoms with Gasteiger partial charge in [-0.15, -0.1) is 0 Å². The van der Waals surface area contributed by atoms with E-state index in [4.69, 9.17) is 13.9 Å². The molecule has 0 saturated carbocycles. The zero-order chi connectivity index (χ0) is 16.8. The van der Waals surface area contributed by atoms with E-state index in [1.165, 1.54) is 0 Å². The van der Waals surface area contributed by atoms with Crippen molar-refractivity contribution in [2.75, 3.05) is 6.61 Å². The molecule has 3 aromatic rings. The minimum absolute atomic E-state index is 0.0252. The summed E-state index contributed by atoms with van der Waals surface area (Å²) in [5, 5.41) is 4.06. The van der Waals surface area contributed by atoms with E-state index in [2.05, 4.69) is 12.0 Å². The SMILES string of the molecule is CCCCOc1nn(-c2cccc(Oc3ccccc3)c2)c(=O)o1. The first-order valence-electron chi connectivity index (χ1n) is 7.82. The summed E-state index contributed by atoms with van der Waals surface area (Å²) < 4.78 is 17.2. The number of rotatable bonds is 7. The highest BCUT2D eigenvalue weighted by atomic mass is 16.6. The summed E-state index contributed by atoms with van der Waals surface area (Å²) in [6.45, 7) is 2.52. The third-order valence-electron chi connectivity index (χ3n) is 3.29. The van der Waals surface area contributed by atoms with Gasteiger partial charge in [-0.2, -0.15) is 4.68 Å². The lowest BCUT2D eigenvalue weighted by molar-refractivity contribution is 0.221. The fraction of sp³-hybridized carbons (Fsp3) is 0.222. The number of unbranched alkanes of at least 4 members (excludes halogenated alkanes) is 1. The van der Waals surface area contributed by atoms with Gasteiger partial charge in [0.05, 0.1) is 12.3 Å². The van der Waals surface area contributed by atoms with Crippen molar-refractivity contribution in [1.29, 1.82) is 0 Å². The molecule has 1 heterocycles. The van der Waals surface area contributed by atoms with Gasteiger partial charge in [-0.05, 0) is 30.7 Å². The molecule has 0 bridgehead atoms. The van der Waals surface area contributed by atoms with Crippen LogP contribution in [0.15, 0.2) is 63.8 Å². The van der Waals surface area contributed by atoms with Gasteiger partial charge in [0.2, 0.25) is 0 Å². The quantitative estimate of drug-likeness (QED) is 0.618. The molecule has 0 aliphatic carbocycles. The van der Waals surface area contributed by atoms with E-state index < -0.39 is 5.76 Å². The van der Waals surface area contributed by atoms with Gasteiger partial charge in [0.15, 0.2) is 0 Å². The molecular weight excluding hydrogens is 308 g/mol. The molecule has 3 rings (SSSR count). The van der Waals surface area contributed by atoms with Crippen LogP contribution in [0.3, 0.4) is 0 Å². The Hall–Kier alpha value is -3.02. The van der Waals surface area contributed by atoms with Crippen LogP contribution in [0.1, 0.15) is 19.8 Å². The topological polar surface area (TPSA) is 66.5 Å². The Labute approximate surface area is 139 Å². The predicted octanol–water partition coefficient (Wildman–Crippen LogP) is 3.80. The van der Waals surface area contributed by atoms with Crippen LogP contribution in [-0.2, 0) is 0 Å². The lowest BCUT2D eigenvalue weighted by atomic mass is 10.3. The van der Waals surface area contributed by atoms with Crippen LogP contribution in [0, 0.1) is 0 Å². The fourth-order valence-electron chi connectivity index (χ4n) is 2.09. The van der Waals surface area contributed by atoms with E-state index in [0.29, 0.717) is 23.8 Å². The molecule has 0 spiro atoms. The maximum atomic E-state index is 12.0. The fourth-order valence-corrected chi connectivity index (χ4v) is 2.09. The smallest absolute Gasteiger partial charge is 0.444 e. The summed E-state index contributed by atoms with van der Waals surface area (Å²) in [6.07, 6.45) is 1.84. The molecule has 1 aromatic heterocycles. The molecule has 6 nitrogen and oxygen atoms in total. The summed E-state index contributed by atoms with van der Waals surface area (Å²) in [6, 6.07) is 16.5. The highest BCUT2D eigenvalue weighted by Crippen LogP contribution is 2.23. The van der Waals surface area contributed by atoms with E-state index in [1.54, 1.807) is 24.3 Å². The van der Waals surface area contributed by atoms with Crippen molar-refractivity contribution >= 4 is 0 Å². The maximum absolute atomic E-state index is 12.0. The van der Waals surface area contributed by atoms with Crippen LogP contribution in [-0.4, -0.2) is 16.4 Å². The van der Waals surface area contributed by atoms with Crippen LogP contribution in [0.5, 0.6) is 17.6 Å². The number of hydrogen-bond donors (Lipinski definition) is 0. The minimum atomic E-state index is -0.599. The second-order valence-electron chi connectivity index (χ2n) is 5.16. The van der Waals surface area contributed by atoms with Gasteiger partial charge in [0.1, 0.15) is 11.5 Å². The summed E-state index contributed by atoms with van der Waals surface area (Å²) in [5.41, 5.74) is 0.544. The van der Waals surface area contributed by atoms with Crippen LogP contribution in [0.25, 0.3) is 5.69 Å². The number of para-hydroxylation sites is 1. The average molecular weight is 326 g/mol. The van der Waals surface area contributed by atoms with Crippen molar-refractivity contribution in [3.05, 3.63) is 65.1 Å². The van der Waals surface area contributed by atoms with E-state index >= 15 is 0 Å². The van der Waals surface area contributed by atoms with Crippen LogP contribution < -0.4 is 15.2 Å². The molecule has 0 N–H and O–H groups in total. The number of hydrogen-bond acceptors (Lipinski definition) is 5. The first-order chi connectivity index (χ1) is 11.8. The largest absolute Gasteiger partial charge is 0.457 e. The van der Waals surface area contributed by atoms with Crippen molar-refractivity contribution in [3.63, 3.8) is 0 Å². The van der Waals surface area contributed by atoms with E-state index in [1.807, 2.05) is 30.3 Å². The highest BCUT2D eigenvalue weighted by Gasteiger charge is 2.11. The molecule has 0 radical (unpaired) electrons. The van der Waals surface area contributed by atoms with Crippen molar-refractivity contribution < 1.29 is 13.9 Å². The average Bonchev–Trinajstić information content (AvgIpc) is 2.97. The molecule has 0 amide bonds. The third kappa shape index (κ3) is 3.84. The van der Waals surface area contributed by atoms with Gasteiger partial charge < -0.3 is 13.9 Å². The Morgan fingerprint density at radius 2 is 1.88 bits per heavy atom. The van der Waals surface area contributed by atoms with Gasteiger partial charge in [-0.3, -0.25) is 0 Å². The molecule has 0 fully saturated rings. The molecule has 2 aromatic carbocycles. The van der Waals surface area contributed by atoms with Crippen LogP contribution in [0.4, 0.5) is 0 Å². The number of aromatic nitrogens is 2. The Morgan fingerprint density at radius 3 is 2.67 bits per heavy atom. The van der Waals surface area contributed by atoms with Crippen LogP contribution in [0.2, 0.25) is 0 Å². The lowest BCUT2D eigenvalue weighted by Crippen LogP contribution is -2.13. The number of ether oxygens (including phenoxy) is 2. The Morgan fingerprint density at radius 1 is 1.08 bits per heavy atom. The number of nitrogens with zero attached hydrogens (tertiary/aromatic N) is 2. The lowest BCUT2D eigenvalue weighted by Gasteiger charge is -2.06. The maximum Gasteiger partial charge on any atom is 0.444 e. The Bertz CT molecular complexity index is 839. The Balaban J connectivity index is 1.80. The monoisotopic (exact) mass is 326 g/mol. The summed E-state index contributed by atoms with van der Waals surface area (Å²) >= 11 is 0. The van der Waals surface area contributed by atoms with Gasteiger partial charge >= 0.3 is 11.8 Å². The molecular formula is C18H18N2O4. The molecule has 0 atom stereocenters. The van der Waals surface area contributed by atoms with Gasteiger partial charge in [0.25, 0.3) is 0 Å². The highest BCUT2D eigenvalue weighted by molar-refractivity contribution is 5.40. The Kier molecular flexibility index (Phi) is 4.96. The normalized spacial score (nSPS) is 10.5. The predicted molar refractivity (Wildman–Crippen MR) is 89.0 cm³/mol. The second kappa shape index (κ2) is 7.50. The van der Waals surface area contributed by atoms with Crippen molar-refractivity contribution in [2.45, 2.75) is 19.8 Å². The van der Waals surface area contributed by atoms with Crippen molar-refractivity contribution in [3.8, 4) is 23.3 Å². The molecule has 0 saturated heterocycles. The zero-order valence-corrected chi connectivity index (χ0v) is 13.3. The third-order valence-corrected chi connectivity index (χ3v) is 3.29. The molecule has 0 aliphatic heterocycles. The first kappa shape index (κ1) is 15.9.